The number of fused-ring (bicyclic) bond motifs is 1. The highest BCUT2D eigenvalue weighted by atomic mass is 32.2. The Hall–Kier alpha value is -2.36. The minimum Gasteiger partial charge on any atom is -0.431 e. The number of nitrogens with two attached hydrogens (primary N) is 1. The number of anilines is 1. The molecule has 3 N–H and O–H groups in total. The van der Waals surface area contributed by atoms with Gasteiger partial charge < -0.3 is 9.73 Å². The van der Waals surface area contributed by atoms with Crippen LogP contribution >= 0.6 is 11.8 Å². The molecule has 1 heterocycles. The zero-order chi connectivity index (χ0) is 17.2. The number of nitrogens with one attached hydrogen (secondary N) is 1. The summed E-state index contributed by atoms with van der Waals surface area (Å²) in [5, 5.41) is 8.07. The molecule has 3 aromatic rings. The summed E-state index contributed by atoms with van der Waals surface area (Å²) < 4.78 is 28.1. The molecule has 9 heteroatoms. The molecule has 1 amide bonds. The normalized spacial score (nSPS) is 11.5. The van der Waals surface area contributed by atoms with E-state index < -0.39 is 10.0 Å². The fraction of sp³-hybridized carbons (Fsp3) is 0.0667. The SMILES string of the molecule is NS(=O)(=O)c1cccc(NC(=O)CSc2nc3ccccc3o2)c1. The lowest BCUT2D eigenvalue weighted by Crippen LogP contribution is -2.16. The molecule has 0 spiro atoms. The van der Waals surface area contributed by atoms with Gasteiger partial charge in [-0.05, 0) is 30.3 Å². The quantitative estimate of drug-likeness (QED) is 0.672. The summed E-state index contributed by atoms with van der Waals surface area (Å²) in [7, 11) is -3.81. The van der Waals surface area contributed by atoms with Gasteiger partial charge in [0.25, 0.3) is 5.22 Å². The number of hydrogen-bond donors (Lipinski definition) is 2. The zero-order valence-electron chi connectivity index (χ0n) is 12.3. The van der Waals surface area contributed by atoms with Crippen molar-refractivity contribution in [2.24, 2.45) is 5.14 Å². The third-order valence-electron chi connectivity index (χ3n) is 3.05. The van der Waals surface area contributed by atoms with Crippen LogP contribution in [0.2, 0.25) is 0 Å². The summed E-state index contributed by atoms with van der Waals surface area (Å²) in [5.41, 5.74) is 1.73. The second kappa shape index (κ2) is 6.63. The maximum absolute atomic E-state index is 12.0. The topological polar surface area (TPSA) is 115 Å². The van der Waals surface area contributed by atoms with Crippen LogP contribution in [0, 0.1) is 0 Å². The van der Waals surface area contributed by atoms with Crippen molar-refractivity contribution in [3.05, 3.63) is 48.5 Å². The first kappa shape index (κ1) is 16.5. The number of rotatable bonds is 5. The van der Waals surface area contributed by atoms with Gasteiger partial charge >= 0.3 is 0 Å². The van der Waals surface area contributed by atoms with E-state index in [2.05, 4.69) is 10.3 Å². The number of carbonyl (C=O) groups is 1. The summed E-state index contributed by atoms with van der Waals surface area (Å²) in [6.45, 7) is 0. The Labute approximate surface area is 142 Å². The lowest BCUT2D eigenvalue weighted by atomic mass is 10.3. The summed E-state index contributed by atoms with van der Waals surface area (Å²) in [5.74, 6) is -0.235. The van der Waals surface area contributed by atoms with Gasteiger partial charge in [0.1, 0.15) is 5.52 Å². The van der Waals surface area contributed by atoms with Crippen molar-refractivity contribution in [2.45, 2.75) is 10.1 Å². The first-order valence-electron chi connectivity index (χ1n) is 6.83. The number of carbonyl (C=O) groups excluding carboxylic acids is 1. The first-order chi connectivity index (χ1) is 11.4. The maximum atomic E-state index is 12.0. The third-order valence-corrected chi connectivity index (χ3v) is 4.79. The van der Waals surface area contributed by atoms with E-state index in [9.17, 15) is 13.2 Å². The molecule has 0 saturated heterocycles. The van der Waals surface area contributed by atoms with Gasteiger partial charge in [0.2, 0.25) is 15.9 Å². The van der Waals surface area contributed by atoms with Gasteiger partial charge in [0, 0.05) is 5.69 Å². The first-order valence-corrected chi connectivity index (χ1v) is 9.36. The molecule has 124 valence electrons. The van der Waals surface area contributed by atoms with E-state index in [0.29, 0.717) is 16.5 Å². The smallest absolute Gasteiger partial charge is 0.257 e. The average Bonchev–Trinajstić information content (AvgIpc) is 2.95. The van der Waals surface area contributed by atoms with Crippen LogP contribution < -0.4 is 10.5 Å². The summed E-state index contributed by atoms with van der Waals surface area (Å²) >= 11 is 1.15. The van der Waals surface area contributed by atoms with Crippen LogP contribution in [-0.4, -0.2) is 25.1 Å². The van der Waals surface area contributed by atoms with Gasteiger partial charge in [-0.15, -0.1) is 0 Å². The number of hydrogen-bond acceptors (Lipinski definition) is 6. The number of amides is 1. The Kier molecular flexibility index (Phi) is 4.56. The van der Waals surface area contributed by atoms with Crippen LogP contribution in [0.4, 0.5) is 5.69 Å². The van der Waals surface area contributed by atoms with Crippen LogP contribution in [0.3, 0.4) is 0 Å². The van der Waals surface area contributed by atoms with Crippen molar-refractivity contribution in [3.63, 3.8) is 0 Å². The molecule has 24 heavy (non-hydrogen) atoms. The van der Waals surface area contributed by atoms with E-state index >= 15 is 0 Å². The molecular weight excluding hydrogens is 350 g/mol. The largest absolute Gasteiger partial charge is 0.431 e. The van der Waals surface area contributed by atoms with Gasteiger partial charge in [0.15, 0.2) is 5.58 Å². The third kappa shape index (κ3) is 3.94. The number of thioether (sulfide) groups is 1. The second-order valence-corrected chi connectivity index (χ2v) is 7.35. The molecule has 0 radical (unpaired) electrons. The predicted molar refractivity (Wildman–Crippen MR) is 91.2 cm³/mol. The van der Waals surface area contributed by atoms with E-state index in [1.165, 1.54) is 18.2 Å². The van der Waals surface area contributed by atoms with Crippen molar-refractivity contribution in [2.75, 3.05) is 11.1 Å². The molecule has 3 rings (SSSR count). The molecule has 0 fully saturated rings. The maximum Gasteiger partial charge on any atom is 0.257 e. The lowest BCUT2D eigenvalue weighted by molar-refractivity contribution is -0.113. The van der Waals surface area contributed by atoms with E-state index in [1.54, 1.807) is 12.1 Å². The molecule has 0 aliphatic heterocycles. The van der Waals surface area contributed by atoms with Crippen molar-refractivity contribution < 1.29 is 17.6 Å². The number of sulfonamides is 1. The van der Waals surface area contributed by atoms with Crippen molar-refractivity contribution in [1.29, 1.82) is 0 Å². The minimum absolute atomic E-state index is 0.0631. The van der Waals surface area contributed by atoms with Gasteiger partial charge in [-0.3, -0.25) is 4.79 Å². The van der Waals surface area contributed by atoms with Crippen LogP contribution in [0.1, 0.15) is 0 Å². The van der Waals surface area contributed by atoms with Crippen LogP contribution in [0.25, 0.3) is 11.1 Å². The highest BCUT2D eigenvalue weighted by Gasteiger charge is 2.11. The fourth-order valence-corrected chi connectivity index (χ4v) is 3.19. The number of para-hydroxylation sites is 2. The molecule has 0 atom stereocenters. The van der Waals surface area contributed by atoms with Crippen molar-refractivity contribution >= 4 is 44.5 Å². The van der Waals surface area contributed by atoms with E-state index in [-0.39, 0.29) is 16.6 Å². The molecule has 2 aromatic carbocycles. The fourth-order valence-electron chi connectivity index (χ4n) is 1.99. The van der Waals surface area contributed by atoms with Gasteiger partial charge in [0.05, 0.1) is 10.6 Å². The lowest BCUT2D eigenvalue weighted by Gasteiger charge is -2.05. The van der Waals surface area contributed by atoms with Crippen LogP contribution in [0.5, 0.6) is 0 Å². The second-order valence-electron chi connectivity index (χ2n) is 4.86. The highest BCUT2D eigenvalue weighted by Crippen LogP contribution is 2.23. The Balaban J connectivity index is 1.63. The predicted octanol–water partition coefficient (Wildman–Crippen LogP) is 2.21. The van der Waals surface area contributed by atoms with Gasteiger partial charge in [-0.1, -0.05) is 30.0 Å². The zero-order valence-corrected chi connectivity index (χ0v) is 13.9. The van der Waals surface area contributed by atoms with E-state index in [1.807, 2.05) is 18.2 Å². The van der Waals surface area contributed by atoms with Gasteiger partial charge in [-0.25, -0.2) is 18.5 Å². The van der Waals surface area contributed by atoms with Crippen molar-refractivity contribution in [3.8, 4) is 0 Å². The Morgan fingerprint density at radius 3 is 2.75 bits per heavy atom. The Morgan fingerprint density at radius 2 is 2.00 bits per heavy atom. The molecule has 0 aliphatic rings. The summed E-state index contributed by atoms with van der Waals surface area (Å²) in [4.78, 5) is 16.2. The molecular formula is C15H13N3O4S2. The molecule has 0 unspecified atom stereocenters. The molecule has 1 aromatic heterocycles. The molecule has 7 nitrogen and oxygen atoms in total. The molecule has 0 saturated carbocycles. The highest BCUT2D eigenvalue weighted by molar-refractivity contribution is 7.99. The number of oxazole rings is 1. The minimum atomic E-state index is -3.81. The number of aromatic nitrogens is 1. The van der Waals surface area contributed by atoms with E-state index in [4.69, 9.17) is 9.56 Å². The standard InChI is InChI=1S/C15H13N3O4S2/c16-24(20,21)11-5-3-4-10(8-11)17-14(19)9-23-15-18-12-6-1-2-7-13(12)22-15/h1-8H,9H2,(H,17,19)(H2,16,20,21). The van der Waals surface area contributed by atoms with E-state index in [0.717, 1.165) is 17.3 Å². The van der Waals surface area contributed by atoms with Crippen LogP contribution in [0.15, 0.2) is 63.1 Å². The molecule has 0 bridgehead atoms. The number of primary sulfonamides is 1. The Bertz CT molecular complexity index is 966. The monoisotopic (exact) mass is 363 g/mol. The number of benzene rings is 2. The summed E-state index contributed by atoms with van der Waals surface area (Å²) in [6.07, 6.45) is 0. The summed E-state index contributed by atoms with van der Waals surface area (Å²) in [6, 6.07) is 13.1. The number of nitrogens with zero attached hydrogens (tertiary/aromatic N) is 1. The Morgan fingerprint density at radius 1 is 1.21 bits per heavy atom. The average molecular weight is 363 g/mol. The van der Waals surface area contributed by atoms with Crippen molar-refractivity contribution in [1.82, 2.24) is 4.98 Å². The van der Waals surface area contributed by atoms with Crippen LogP contribution in [-0.2, 0) is 14.8 Å². The van der Waals surface area contributed by atoms with Gasteiger partial charge in [-0.2, -0.15) is 0 Å². The molecule has 0 aliphatic carbocycles.